The molecule has 4 rings (SSSR count). The van der Waals surface area contributed by atoms with Crippen LogP contribution in [0.1, 0.15) is 11.9 Å². The van der Waals surface area contributed by atoms with E-state index < -0.39 is 5.56 Å². The first-order chi connectivity index (χ1) is 14.9. The Kier molecular flexibility index (Phi) is 6.01. The molecule has 4 aromatic rings. The lowest BCUT2D eigenvalue weighted by Crippen LogP contribution is -2.30. The van der Waals surface area contributed by atoms with Crippen molar-refractivity contribution in [2.45, 2.75) is 20.4 Å². The normalized spacial score (nSPS) is 10.9. The zero-order valence-electron chi connectivity index (χ0n) is 16.9. The third-order valence-electron chi connectivity index (χ3n) is 4.47. The highest BCUT2D eigenvalue weighted by atomic mass is 35.5. The number of ether oxygens (including phenoxy) is 1. The van der Waals surface area contributed by atoms with Gasteiger partial charge in [0.2, 0.25) is 5.91 Å². The Bertz CT molecular complexity index is 1300. The van der Waals surface area contributed by atoms with Crippen molar-refractivity contribution in [1.29, 1.82) is 0 Å². The second-order valence-corrected chi connectivity index (χ2v) is 8.37. The molecule has 0 bridgehead atoms. The van der Waals surface area contributed by atoms with Crippen molar-refractivity contribution in [2.24, 2.45) is 0 Å². The van der Waals surface area contributed by atoms with Gasteiger partial charge in [-0.3, -0.25) is 9.59 Å². The number of amides is 1. The second-order valence-electron chi connectivity index (χ2n) is 6.73. The molecule has 2 heterocycles. The Hall–Kier alpha value is -3.23. The summed E-state index contributed by atoms with van der Waals surface area (Å²) in [7, 11) is 0. The summed E-state index contributed by atoms with van der Waals surface area (Å²) in [5, 5.41) is 8.61. The van der Waals surface area contributed by atoms with E-state index in [0.29, 0.717) is 33.2 Å². The minimum atomic E-state index is -0.404. The number of halogens is 1. The molecule has 1 amide bonds. The molecule has 2 aromatic carbocycles. The van der Waals surface area contributed by atoms with Gasteiger partial charge >= 0.3 is 0 Å². The number of thiazole rings is 1. The van der Waals surface area contributed by atoms with E-state index in [1.807, 2.05) is 26.0 Å². The van der Waals surface area contributed by atoms with Gasteiger partial charge in [0, 0.05) is 16.3 Å². The predicted molar refractivity (Wildman–Crippen MR) is 123 cm³/mol. The minimum absolute atomic E-state index is 0.237. The van der Waals surface area contributed by atoms with E-state index in [-0.39, 0.29) is 12.5 Å². The average Bonchev–Trinajstić information content (AvgIpc) is 3.14. The molecule has 2 aromatic heterocycles. The number of aromatic nitrogens is 3. The first-order valence-electron chi connectivity index (χ1n) is 9.61. The van der Waals surface area contributed by atoms with Crippen molar-refractivity contribution in [1.82, 2.24) is 14.8 Å². The van der Waals surface area contributed by atoms with Crippen molar-refractivity contribution in [3.8, 4) is 17.0 Å². The molecular weight excluding hydrogens is 436 g/mol. The number of benzene rings is 2. The number of carbonyl (C=O) groups is 1. The third kappa shape index (κ3) is 4.60. The van der Waals surface area contributed by atoms with E-state index in [1.165, 1.54) is 11.3 Å². The number of fused-ring (bicyclic) bond motifs is 1. The predicted octanol–water partition coefficient (Wildman–Crippen LogP) is 4.52. The van der Waals surface area contributed by atoms with E-state index in [4.69, 9.17) is 16.3 Å². The van der Waals surface area contributed by atoms with Crippen LogP contribution >= 0.6 is 22.9 Å². The summed E-state index contributed by atoms with van der Waals surface area (Å²) in [5.74, 6) is 0.350. The van der Waals surface area contributed by atoms with Gasteiger partial charge in [0.25, 0.3) is 5.56 Å². The lowest BCUT2D eigenvalue weighted by molar-refractivity contribution is -0.117. The quantitative estimate of drug-likeness (QED) is 0.463. The highest BCUT2D eigenvalue weighted by Crippen LogP contribution is 2.30. The lowest BCUT2D eigenvalue weighted by atomic mass is 10.1. The number of hydrogen-bond donors (Lipinski definition) is 1. The van der Waals surface area contributed by atoms with Crippen LogP contribution < -0.4 is 15.6 Å². The summed E-state index contributed by atoms with van der Waals surface area (Å²) in [6, 6.07) is 14.2. The van der Waals surface area contributed by atoms with Gasteiger partial charge in [0.05, 0.1) is 16.3 Å². The van der Waals surface area contributed by atoms with Crippen molar-refractivity contribution < 1.29 is 9.53 Å². The van der Waals surface area contributed by atoms with Crippen LogP contribution in [0.4, 0.5) is 5.69 Å². The maximum absolute atomic E-state index is 12.9. The van der Waals surface area contributed by atoms with Gasteiger partial charge in [-0.2, -0.15) is 5.10 Å². The highest BCUT2D eigenvalue weighted by molar-refractivity contribution is 7.19. The number of anilines is 1. The molecule has 7 nitrogen and oxygen atoms in total. The number of nitrogens with zero attached hydrogens (tertiary/aromatic N) is 3. The molecule has 158 valence electrons. The zero-order valence-corrected chi connectivity index (χ0v) is 18.5. The van der Waals surface area contributed by atoms with Gasteiger partial charge < -0.3 is 10.1 Å². The van der Waals surface area contributed by atoms with Crippen molar-refractivity contribution in [3.05, 3.63) is 68.9 Å². The van der Waals surface area contributed by atoms with Crippen LogP contribution in [0.2, 0.25) is 5.02 Å². The molecule has 0 spiro atoms. The van der Waals surface area contributed by atoms with Gasteiger partial charge in [-0.15, -0.1) is 11.3 Å². The van der Waals surface area contributed by atoms with Gasteiger partial charge in [-0.1, -0.05) is 23.7 Å². The van der Waals surface area contributed by atoms with E-state index in [0.717, 1.165) is 21.0 Å². The van der Waals surface area contributed by atoms with Crippen LogP contribution in [-0.2, 0) is 11.3 Å². The molecule has 0 aliphatic heterocycles. The van der Waals surface area contributed by atoms with Gasteiger partial charge in [-0.25, -0.2) is 9.67 Å². The zero-order chi connectivity index (χ0) is 22.0. The number of hydrogen-bond acceptors (Lipinski definition) is 6. The van der Waals surface area contributed by atoms with E-state index in [1.54, 1.807) is 36.4 Å². The number of rotatable bonds is 6. The van der Waals surface area contributed by atoms with Crippen LogP contribution in [0.5, 0.6) is 5.75 Å². The van der Waals surface area contributed by atoms with Gasteiger partial charge in [-0.05, 0) is 50.2 Å². The first-order valence-corrected chi connectivity index (χ1v) is 10.8. The molecular formula is C22H19ClN4O3S. The van der Waals surface area contributed by atoms with E-state index in [2.05, 4.69) is 15.4 Å². The molecule has 0 saturated carbocycles. The highest BCUT2D eigenvalue weighted by Gasteiger charge is 2.18. The van der Waals surface area contributed by atoms with Crippen LogP contribution in [0, 0.1) is 6.92 Å². The topological polar surface area (TPSA) is 86.1 Å². The molecule has 0 fully saturated rings. The fraction of sp³-hybridized carbons (Fsp3) is 0.182. The minimum Gasteiger partial charge on any atom is -0.494 e. The van der Waals surface area contributed by atoms with Crippen molar-refractivity contribution in [3.63, 3.8) is 0 Å². The van der Waals surface area contributed by atoms with E-state index >= 15 is 0 Å². The molecule has 9 heteroatoms. The third-order valence-corrected chi connectivity index (χ3v) is 5.70. The monoisotopic (exact) mass is 454 g/mol. The standard InChI is InChI=1S/C22H19ClN4O3S/c1-3-30-17-10-8-16(9-11-17)25-18(28)12-27-22(29)20-21(31-13(2)24-20)19(26-27)14-4-6-15(23)7-5-14/h4-11H,3,12H2,1-2H3,(H,25,28). The number of carbonyl (C=O) groups excluding carboxylic acids is 1. The van der Waals surface area contributed by atoms with Gasteiger partial charge in [0.15, 0.2) is 5.52 Å². The van der Waals surface area contributed by atoms with Crippen LogP contribution in [0.15, 0.2) is 53.3 Å². The Morgan fingerprint density at radius 2 is 1.87 bits per heavy atom. The maximum Gasteiger partial charge on any atom is 0.294 e. The number of aryl methyl sites for hydroxylation is 1. The summed E-state index contributed by atoms with van der Waals surface area (Å²) in [5.41, 5.74) is 1.88. The molecule has 0 atom stereocenters. The Balaban J connectivity index is 1.65. The summed E-state index contributed by atoms with van der Waals surface area (Å²) >= 11 is 7.40. The summed E-state index contributed by atoms with van der Waals surface area (Å²) in [6.45, 7) is 4.06. The van der Waals surface area contributed by atoms with Crippen molar-refractivity contribution >= 4 is 44.7 Å². The maximum atomic E-state index is 12.9. The molecule has 0 radical (unpaired) electrons. The fourth-order valence-electron chi connectivity index (χ4n) is 3.11. The second kappa shape index (κ2) is 8.87. The lowest BCUT2D eigenvalue weighted by Gasteiger charge is -2.10. The average molecular weight is 455 g/mol. The largest absolute Gasteiger partial charge is 0.494 e. The van der Waals surface area contributed by atoms with Crippen molar-refractivity contribution in [2.75, 3.05) is 11.9 Å². The Morgan fingerprint density at radius 3 is 2.55 bits per heavy atom. The first kappa shape index (κ1) is 21.0. The molecule has 0 unspecified atom stereocenters. The van der Waals surface area contributed by atoms with E-state index in [9.17, 15) is 9.59 Å². The molecule has 1 N–H and O–H groups in total. The SMILES string of the molecule is CCOc1ccc(NC(=O)Cn2nc(-c3ccc(Cl)cc3)c3sc(C)nc3c2=O)cc1. The summed E-state index contributed by atoms with van der Waals surface area (Å²) in [6.07, 6.45) is 0. The number of nitrogens with one attached hydrogen (secondary N) is 1. The van der Waals surface area contributed by atoms with Gasteiger partial charge in [0.1, 0.15) is 18.0 Å². The van der Waals surface area contributed by atoms with Crippen LogP contribution in [0.25, 0.3) is 21.5 Å². The Labute approximate surface area is 187 Å². The van der Waals surface area contributed by atoms with Crippen LogP contribution in [0.3, 0.4) is 0 Å². The Morgan fingerprint density at radius 1 is 1.16 bits per heavy atom. The van der Waals surface area contributed by atoms with Crippen LogP contribution in [-0.4, -0.2) is 27.3 Å². The molecule has 0 aliphatic carbocycles. The fourth-order valence-corrected chi connectivity index (χ4v) is 4.15. The smallest absolute Gasteiger partial charge is 0.294 e. The molecule has 0 aliphatic rings. The molecule has 31 heavy (non-hydrogen) atoms. The molecule has 0 saturated heterocycles. The summed E-state index contributed by atoms with van der Waals surface area (Å²) in [4.78, 5) is 29.9. The summed E-state index contributed by atoms with van der Waals surface area (Å²) < 4.78 is 7.24.